The Hall–Kier alpha value is -2.50. The minimum Gasteiger partial charge on any atom is -0.464 e. The number of rotatable bonds is 3. The topological polar surface area (TPSA) is 65.3 Å². The fourth-order valence-electron chi connectivity index (χ4n) is 2.09. The molecule has 20 heavy (non-hydrogen) atoms. The zero-order valence-electron chi connectivity index (χ0n) is 11.9. The van der Waals surface area contributed by atoms with Gasteiger partial charge in [0.2, 0.25) is 0 Å². The Kier molecular flexibility index (Phi) is 3.65. The van der Waals surface area contributed by atoms with Gasteiger partial charge in [0.25, 0.3) is 5.91 Å². The summed E-state index contributed by atoms with van der Waals surface area (Å²) in [6.45, 7) is 1.93. The third kappa shape index (κ3) is 2.59. The maximum Gasteiger partial charge on any atom is 0.354 e. The van der Waals surface area contributed by atoms with Crippen LogP contribution in [0.15, 0.2) is 24.5 Å². The van der Waals surface area contributed by atoms with E-state index in [9.17, 15) is 9.59 Å². The minimum absolute atomic E-state index is 0.220. The predicted octanol–water partition coefficient (Wildman–Crippen LogP) is 1.71. The molecule has 0 bridgehead atoms. The molecule has 106 valence electrons. The van der Waals surface area contributed by atoms with Crippen LogP contribution in [0.25, 0.3) is 0 Å². The second kappa shape index (κ2) is 5.24. The largest absolute Gasteiger partial charge is 0.464 e. The number of nitrogens with one attached hydrogen (secondary N) is 1. The van der Waals surface area contributed by atoms with Gasteiger partial charge in [0.1, 0.15) is 11.4 Å². The fourth-order valence-corrected chi connectivity index (χ4v) is 2.09. The Morgan fingerprint density at radius 1 is 1.10 bits per heavy atom. The van der Waals surface area contributed by atoms with Crippen LogP contribution in [-0.2, 0) is 18.8 Å². The van der Waals surface area contributed by atoms with Crippen LogP contribution in [-0.4, -0.2) is 28.1 Å². The van der Waals surface area contributed by atoms with Crippen molar-refractivity contribution >= 4 is 17.6 Å². The van der Waals surface area contributed by atoms with Gasteiger partial charge < -0.3 is 19.2 Å². The van der Waals surface area contributed by atoms with E-state index in [-0.39, 0.29) is 5.91 Å². The molecule has 6 nitrogen and oxygen atoms in total. The lowest BCUT2D eigenvalue weighted by Gasteiger charge is -2.03. The third-order valence-electron chi connectivity index (χ3n) is 3.03. The van der Waals surface area contributed by atoms with Crippen LogP contribution in [0.2, 0.25) is 0 Å². The van der Waals surface area contributed by atoms with Gasteiger partial charge in [-0.05, 0) is 24.6 Å². The molecule has 0 unspecified atom stereocenters. The molecule has 0 aromatic carbocycles. The monoisotopic (exact) mass is 275 g/mol. The van der Waals surface area contributed by atoms with Crippen LogP contribution in [0.4, 0.5) is 5.69 Å². The molecule has 0 radical (unpaired) electrons. The van der Waals surface area contributed by atoms with Gasteiger partial charge in [-0.15, -0.1) is 0 Å². The van der Waals surface area contributed by atoms with E-state index < -0.39 is 5.97 Å². The van der Waals surface area contributed by atoms with Crippen molar-refractivity contribution < 1.29 is 14.3 Å². The van der Waals surface area contributed by atoms with Gasteiger partial charge in [0, 0.05) is 26.5 Å². The Bertz CT molecular complexity index is 667. The number of hydrogen-bond donors (Lipinski definition) is 1. The Labute approximate surface area is 117 Å². The number of anilines is 1. The Balaban J connectivity index is 2.20. The van der Waals surface area contributed by atoms with Crippen LogP contribution in [0.3, 0.4) is 0 Å². The summed E-state index contributed by atoms with van der Waals surface area (Å²) < 4.78 is 8.03. The number of carbonyl (C=O) groups excluding carboxylic acids is 2. The highest BCUT2D eigenvalue weighted by molar-refractivity contribution is 6.04. The average Bonchev–Trinajstić information content (AvgIpc) is 2.91. The first-order valence-electron chi connectivity index (χ1n) is 6.11. The molecule has 0 atom stereocenters. The first-order valence-corrected chi connectivity index (χ1v) is 6.11. The predicted molar refractivity (Wildman–Crippen MR) is 74.9 cm³/mol. The smallest absolute Gasteiger partial charge is 0.354 e. The van der Waals surface area contributed by atoms with E-state index in [2.05, 4.69) is 10.1 Å². The molecule has 2 aromatic rings. The molecular weight excluding hydrogens is 258 g/mol. The van der Waals surface area contributed by atoms with Crippen molar-refractivity contribution in [3.63, 3.8) is 0 Å². The zero-order valence-corrected chi connectivity index (χ0v) is 11.9. The second-order valence-corrected chi connectivity index (χ2v) is 4.68. The van der Waals surface area contributed by atoms with Gasteiger partial charge in [-0.3, -0.25) is 4.79 Å². The fraction of sp³-hybridized carbons (Fsp3) is 0.286. The van der Waals surface area contributed by atoms with Gasteiger partial charge in [-0.2, -0.15) is 0 Å². The first kappa shape index (κ1) is 13.9. The average molecular weight is 275 g/mol. The molecule has 0 aliphatic carbocycles. The molecule has 2 rings (SSSR count). The molecule has 2 heterocycles. The molecule has 2 aromatic heterocycles. The van der Waals surface area contributed by atoms with Crippen LogP contribution in [0.1, 0.15) is 26.5 Å². The summed E-state index contributed by atoms with van der Waals surface area (Å²) in [7, 11) is 4.85. The van der Waals surface area contributed by atoms with Crippen LogP contribution >= 0.6 is 0 Å². The number of aryl methyl sites for hydroxylation is 3. The molecule has 6 heteroatoms. The lowest BCUT2D eigenvalue weighted by atomic mass is 10.3. The molecule has 0 aliphatic rings. The SMILES string of the molecule is COC(=O)c1cc(NC(=O)c2cc(C)cn2C)cn1C. The van der Waals surface area contributed by atoms with E-state index >= 15 is 0 Å². The molecule has 0 spiro atoms. The summed E-state index contributed by atoms with van der Waals surface area (Å²) in [6, 6.07) is 3.39. The van der Waals surface area contributed by atoms with Gasteiger partial charge in [0.15, 0.2) is 0 Å². The van der Waals surface area contributed by atoms with Gasteiger partial charge >= 0.3 is 5.97 Å². The first-order chi connectivity index (χ1) is 9.42. The number of esters is 1. The van der Waals surface area contributed by atoms with Crippen LogP contribution in [0, 0.1) is 6.92 Å². The summed E-state index contributed by atoms with van der Waals surface area (Å²) in [4.78, 5) is 23.7. The van der Waals surface area contributed by atoms with E-state index in [4.69, 9.17) is 0 Å². The van der Waals surface area contributed by atoms with E-state index in [1.165, 1.54) is 7.11 Å². The minimum atomic E-state index is -0.442. The van der Waals surface area contributed by atoms with E-state index in [1.54, 1.807) is 34.5 Å². The summed E-state index contributed by atoms with van der Waals surface area (Å²) in [5.41, 5.74) is 2.51. The van der Waals surface area contributed by atoms with Gasteiger partial charge in [-0.25, -0.2) is 4.79 Å². The lowest BCUT2D eigenvalue weighted by Crippen LogP contribution is -2.14. The van der Waals surface area contributed by atoms with E-state index in [0.29, 0.717) is 17.1 Å². The molecule has 1 amide bonds. The number of carbonyl (C=O) groups is 2. The number of amides is 1. The van der Waals surface area contributed by atoms with Crippen molar-refractivity contribution in [2.45, 2.75) is 6.92 Å². The standard InChI is InChI=1S/C14H17N3O3/c1-9-5-11(16(2)7-9)13(18)15-10-6-12(14(19)20-4)17(3)8-10/h5-8H,1-4H3,(H,15,18). The number of aromatic nitrogens is 2. The maximum absolute atomic E-state index is 12.2. The second-order valence-electron chi connectivity index (χ2n) is 4.68. The molecule has 0 aliphatic heterocycles. The Morgan fingerprint density at radius 3 is 2.30 bits per heavy atom. The van der Waals surface area contributed by atoms with Crippen LogP contribution < -0.4 is 5.32 Å². The molecule has 0 fully saturated rings. The summed E-state index contributed by atoms with van der Waals surface area (Å²) in [5, 5.41) is 2.76. The highest BCUT2D eigenvalue weighted by Gasteiger charge is 2.15. The summed E-state index contributed by atoms with van der Waals surface area (Å²) in [5.74, 6) is -0.662. The maximum atomic E-state index is 12.2. The lowest BCUT2D eigenvalue weighted by molar-refractivity contribution is 0.0590. The quantitative estimate of drug-likeness (QED) is 0.867. The number of ether oxygens (including phenoxy) is 1. The summed E-state index contributed by atoms with van der Waals surface area (Å²) in [6.07, 6.45) is 3.54. The normalized spacial score (nSPS) is 10.4. The molecule has 0 saturated carbocycles. The van der Waals surface area contributed by atoms with Crippen molar-refractivity contribution in [1.82, 2.24) is 9.13 Å². The van der Waals surface area contributed by atoms with Gasteiger partial charge in [-0.1, -0.05) is 0 Å². The molecular formula is C14H17N3O3. The van der Waals surface area contributed by atoms with Crippen molar-refractivity contribution in [2.75, 3.05) is 12.4 Å². The zero-order chi connectivity index (χ0) is 14.9. The van der Waals surface area contributed by atoms with E-state index in [0.717, 1.165) is 5.56 Å². The number of nitrogens with zero attached hydrogens (tertiary/aromatic N) is 2. The third-order valence-corrected chi connectivity index (χ3v) is 3.03. The number of methoxy groups -OCH3 is 1. The Morgan fingerprint density at radius 2 is 1.75 bits per heavy atom. The molecule has 1 N–H and O–H groups in total. The van der Waals surface area contributed by atoms with Crippen molar-refractivity contribution in [3.8, 4) is 0 Å². The number of hydrogen-bond acceptors (Lipinski definition) is 3. The van der Waals surface area contributed by atoms with Crippen LogP contribution in [0.5, 0.6) is 0 Å². The summed E-state index contributed by atoms with van der Waals surface area (Å²) >= 11 is 0. The van der Waals surface area contributed by atoms with Crippen molar-refractivity contribution in [1.29, 1.82) is 0 Å². The van der Waals surface area contributed by atoms with E-state index in [1.807, 2.05) is 20.2 Å². The molecule has 0 saturated heterocycles. The highest BCUT2D eigenvalue weighted by Crippen LogP contribution is 2.15. The van der Waals surface area contributed by atoms with Crippen molar-refractivity contribution in [2.24, 2.45) is 14.1 Å². The van der Waals surface area contributed by atoms with Gasteiger partial charge in [0.05, 0.1) is 12.8 Å². The van der Waals surface area contributed by atoms with Crippen molar-refractivity contribution in [3.05, 3.63) is 41.5 Å². The highest BCUT2D eigenvalue weighted by atomic mass is 16.5.